The Hall–Kier alpha value is -2.31. The molecule has 3 N–H and O–H groups in total. The van der Waals surface area contributed by atoms with E-state index in [4.69, 9.17) is 4.74 Å². The summed E-state index contributed by atoms with van der Waals surface area (Å²) < 4.78 is 5.22. The maximum absolute atomic E-state index is 12.2. The molecule has 7 nitrogen and oxygen atoms in total. The van der Waals surface area contributed by atoms with Gasteiger partial charge in [-0.2, -0.15) is 0 Å². The molecule has 0 saturated heterocycles. The fraction of sp³-hybridized carbons (Fsp3) is 0.500. The van der Waals surface area contributed by atoms with E-state index in [-0.39, 0.29) is 11.1 Å². The first-order valence-corrected chi connectivity index (χ1v) is 6.72. The summed E-state index contributed by atoms with van der Waals surface area (Å²) in [5.74, 6) is -0.483. The van der Waals surface area contributed by atoms with Crippen molar-refractivity contribution < 1.29 is 14.3 Å². The number of carbonyl (C=O) groups is 2. The number of alkyl carbamates (subject to hydrolysis) is 1. The second-order valence-electron chi connectivity index (χ2n) is 6.14. The molecule has 0 spiro atoms. The van der Waals surface area contributed by atoms with Crippen LogP contribution < -0.4 is 16.1 Å². The number of carbonyl (C=O) groups excluding carboxylic acids is 2. The number of pyridine rings is 1. The van der Waals surface area contributed by atoms with Gasteiger partial charge in [0.2, 0.25) is 5.43 Å². The number of rotatable bonds is 3. The summed E-state index contributed by atoms with van der Waals surface area (Å²) in [5.41, 5.74) is -1.79. The van der Waals surface area contributed by atoms with Crippen molar-refractivity contribution in [2.75, 3.05) is 5.32 Å². The number of hydrogen-bond acceptors (Lipinski definition) is 4. The quantitative estimate of drug-likeness (QED) is 0.783. The van der Waals surface area contributed by atoms with Gasteiger partial charge in [-0.05, 0) is 20.8 Å². The maximum Gasteiger partial charge on any atom is 0.408 e. The number of hydrogen-bond donors (Lipinski definition) is 3. The molecule has 7 heteroatoms. The molecule has 1 heterocycles. The first-order valence-electron chi connectivity index (χ1n) is 6.72. The lowest BCUT2D eigenvalue weighted by atomic mass is 10.1. The van der Waals surface area contributed by atoms with Gasteiger partial charge < -0.3 is 20.4 Å². The number of aromatic amines is 1. The fourth-order valence-electron chi connectivity index (χ4n) is 1.75. The Kier molecular flexibility index (Phi) is 3.76. The van der Waals surface area contributed by atoms with E-state index in [1.54, 1.807) is 0 Å². The molecule has 0 unspecified atom stereocenters. The van der Waals surface area contributed by atoms with Gasteiger partial charge in [0.15, 0.2) is 5.60 Å². The fourth-order valence-corrected chi connectivity index (χ4v) is 1.75. The van der Waals surface area contributed by atoms with Crippen molar-refractivity contribution in [2.45, 2.75) is 44.8 Å². The first-order chi connectivity index (χ1) is 9.72. The van der Waals surface area contributed by atoms with E-state index in [1.165, 1.54) is 18.5 Å². The Morgan fingerprint density at radius 2 is 2.00 bits per heavy atom. The Morgan fingerprint density at radius 3 is 2.52 bits per heavy atom. The highest BCUT2D eigenvalue weighted by Crippen LogP contribution is 2.40. The molecule has 0 radical (unpaired) electrons. The molecule has 2 rings (SSSR count). The summed E-state index contributed by atoms with van der Waals surface area (Å²) in [4.78, 5) is 38.2. The highest BCUT2D eigenvalue weighted by Gasteiger charge is 2.54. The highest BCUT2D eigenvalue weighted by molar-refractivity contribution is 6.00. The molecule has 1 fully saturated rings. The molecule has 1 aliphatic rings. The predicted molar refractivity (Wildman–Crippen MR) is 77.0 cm³/mol. The van der Waals surface area contributed by atoms with E-state index in [2.05, 4.69) is 15.6 Å². The summed E-state index contributed by atoms with van der Waals surface area (Å²) >= 11 is 0. The van der Waals surface area contributed by atoms with E-state index >= 15 is 0 Å². The summed E-state index contributed by atoms with van der Waals surface area (Å²) in [7, 11) is 0. The van der Waals surface area contributed by atoms with E-state index in [9.17, 15) is 14.4 Å². The van der Waals surface area contributed by atoms with E-state index < -0.39 is 23.1 Å². The van der Waals surface area contributed by atoms with Gasteiger partial charge in [0.1, 0.15) is 5.69 Å². The zero-order chi connectivity index (χ0) is 15.7. The van der Waals surface area contributed by atoms with Crippen LogP contribution >= 0.6 is 0 Å². The van der Waals surface area contributed by atoms with Crippen molar-refractivity contribution in [3.05, 3.63) is 28.7 Å². The van der Waals surface area contributed by atoms with Crippen molar-refractivity contribution in [2.24, 2.45) is 0 Å². The second kappa shape index (κ2) is 5.23. The van der Waals surface area contributed by atoms with Gasteiger partial charge in [0.25, 0.3) is 5.91 Å². The van der Waals surface area contributed by atoms with Crippen molar-refractivity contribution in [1.29, 1.82) is 0 Å². The molecule has 0 aromatic carbocycles. The smallest absolute Gasteiger partial charge is 0.408 e. The van der Waals surface area contributed by atoms with Crippen LogP contribution in [0.5, 0.6) is 0 Å². The highest BCUT2D eigenvalue weighted by atomic mass is 16.6. The standard InChI is InChI=1S/C14H19N3O4/c1-13(2,3)17-12(20)21-14(5-6-14)11(19)16-9-8-15-7-4-10(9)18/h4,7-8H,5-6H2,1-3H3,(H,15,18)(H,16,19)(H,17,20). The number of ether oxygens (including phenoxy) is 1. The molecule has 1 aliphatic carbocycles. The number of amides is 2. The lowest BCUT2D eigenvalue weighted by Crippen LogP contribution is -2.45. The molecule has 21 heavy (non-hydrogen) atoms. The van der Waals surface area contributed by atoms with Gasteiger partial charge in [-0.3, -0.25) is 9.59 Å². The average molecular weight is 293 g/mol. The summed E-state index contributed by atoms with van der Waals surface area (Å²) in [6.07, 6.45) is 3.11. The number of H-pyrrole nitrogens is 1. The van der Waals surface area contributed by atoms with E-state index in [1.807, 2.05) is 20.8 Å². The first kappa shape index (κ1) is 15.1. The molecule has 0 atom stereocenters. The minimum Gasteiger partial charge on any atom is -0.433 e. The van der Waals surface area contributed by atoms with Gasteiger partial charge in [-0.25, -0.2) is 4.79 Å². The number of nitrogens with one attached hydrogen (secondary N) is 3. The van der Waals surface area contributed by atoms with Crippen molar-refractivity contribution in [3.8, 4) is 0 Å². The predicted octanol–water partition coefficient (Wildman–Crippen LogP) is 1.37. The lowest BCUT2D eigenvalue weighted by molar-refractivity contribution is -0.126. The van der Waals surface area contributed by atoms with Crippen LogP contribution in [0.1, 0.15) is 33.6 Å². The third kappa shape index (κ3) is 3.84. The van der Waals surface area contributed by atoms with Crippen LogP contribution in [0, 0.1) is 0 Å². The third-order valence-electron chi connectivity index (χ3n) is 2.96. The van der Waals surface area contributed by atoms with Gasteiger partial charge in [-0.15, -0.1) is 0 Å². The minimum absolute atomic E-state index is 0.133. The van der Waals surface area contributed by atoms with Crippen LogP contribution in [0.15, 0.2) is 23.3 Å². The molecule has 1 aromatic rings. The van der Waals surface area contributed by atoms with Gasteiger partial charge >= 0.3 is 6.09 Å². The topological polar surface area (TPSA) is 100 Å². The van der Waals surface area contributed by atoms with Crippen molar-refractivity contribution in [3.63, 3.8) is 0 Å². The monoisotopic (exact) mass is 293 g/mol. The van der Waals surface area contributed by atoms with Crippen LogP contribution in [0.3, 0.4) is 0 Å². The normalized spacial score (nSPS) is 16.0. The largest absolute Gasteiger partial charge is 0.433 e. The number of aromatic nitrogens is 1. The van der Waals surface area contributed by atoms with Gasteiger partial charge in [0, 0.05) is 36.8 Å². The second-order valence-corrected chi connectivity index (χ2v) is 6.14. The Morgan fingerprint density at radius 1 is 1.33 bits per heavy atom. The minimum atomic E-state index is -1.17. The number of anilines is 1. The SMILES string of the molecule is CC(C)(C)NC(=O)OC1(C(=O)Nc2c[nH]ccc2=O)CC1. The Bertz CT molecular complexity index is 611. The van der Waals surface area contributed by atoms with Crippen LogP contribution in [-0.4, -0.2) is 28.1 Å². The Labute approximate surface area is 122 Å². The summed E-state index contributed by atoms with van der Waals surface area (Å²) in [6.45, 7) is 5.45. The lowest BCUT2D eigenvalue weighted by Gasteiger charge is -2.23. The molecule has 1 aromatic heterocycles. The zero-order valence-corrected chi connectivity index (χ0v) is 12.3. The maximum atomic E-state index is 12.2. The van der Waals surface area contributed by atoms with Crippen LogP contribution in [0.2, 0.25) is 0 Å². The van der Waals surface area contributed by atoms with E-state index in [0.717, 1.165) is 0 Å². The molecule has 1 saturated carbocycles. The van der Waals surface area contributed by atoms with Crippen LogP contribution in [0.25, 0.3) is 0 Å². The summed E-state index contributed by atoms with van der Waals surface area (Å²) in [6, 6.07) is 1.31. The van der Waals surface area contributed by atoms with Gasteiger partial charge in [0.05, 0.1) is 0 Å². The Balaban J connectivity index is 2.01. The molecule has 114 valence electrons. The molecule has 0 bridgehead atoms. The zero-order valence-electron chi connectivity index (χ0n) is 12.3. The van der Waals surface area contributed by atoms with Crippen LogP contribution in [-0.2, 0) is 9.53 Å². The molecule has 2 amide bonds. The average Bonchev–Trinajstić information content (AvgIpc) is 3.10. The molecular formula is C14H19N3O4. The van der Waals surface area contributed by atoms with Gasteiger partial charge in [-0.1, -0.05) is 0 Å². The summed E-state index contributed by atoms with van der Waals surface area (Å²) in [5, 5.41) is 5.13. The third-order valence-corrected chi connectivity index (χ3v) is 2.96. The molecular weight excluding hydrogens is 274 g/mol. The van der Waals surface area contributed by atoms with Crippen molar-refractivity contribution in [1.82, 2.24) is 10.3 Å². The van der Waals surface area contributed by atoms with E-state index in [0.29, 0.717) is 12.8 Å². The molecule has 0 aliphatic heterocycles. The van der Waals surface area contributed by atoms with Crippen molar-refractivity contribution >= 4 is 17.7 Å². The van der Waals surface area contributed by atoms with Crippen LogP contribution in [0.4, 0.5) is 10.5 Å².